The number of hydrogen-bond acceptors (Lipinski definition) is 1. The molecule has 1 amide bonds. The van der Waals surface area contributed by atoms with Crippen molar-refractivity contribution in [3.8, 4) is 0 Å². The lowest BCUT2D eigenvalue weighted by Crippen LogP contribution is -2.52. The quantitative estimate of drug-likeness (QED) is 0.631. The molecule has 1 aliphatic rings. The van der Waals surface area contributed by atoms with Crippen molar-refractivity contribution in [2.45, 2.75) is 25.8 Å². The Morgan fingerprint density at radius 3 is 2.62 bits per heavy atom. The molecule has 0 spiro atoms. The molecule has 1 atom stereocenters. The van der Waals surface area contributed by atoms with E-state index >= 15 is 0 Å². The highest BCUT2D eigenvalue weighted by molar-refractivity contribution is 6.00. The molecule has 1 aromatic carbocycles. The third-order valence-corrected chi connectivity index (χ3v) is 2.55. The zero-order valence-corrected chi connectivity index (χ0v) is 7.73. The van der Waals surface area contributed by atoms with Crippen molar-refractivity contribution in [1.29, 1.82) is 0 Å². The van der Waals surface area contributed by atoms with Crippen LogP contribution in [0.1, 0.15) is 19.8 Å². The van der Waals surface area contributed by atoms with Gasteiger partial charge in [-0.3, -0.25) is 4.79 Å². The molecule has 1 saturated heterocycles. The van der Waals surface area contributed by atoms with E-state index in [9.17, 15) is 4.79 Å². The monoisotopic (exact) mass is 175 g/mol. The first-order valence-electron chi connectivity index (χ1n) is 4.70. The fourth-order valence-electron chi connectivity index (χ4n) is 1.75. The molecule has 1 aliphatic heterocycles. The molecule has 2 rings (SSSR count). The number of benzene rings is 1. The summed E-state index contributed by atoms with van der Waals surface area (Å²) in [6.07, 6.45) is 1.76. The van der Waals surface area contributed by atoms with Crippen LogP contribution in [-0.4, -0.2) is 11.9 Å². The smallest absolute Gasteiger partial charge is 0.229 e. The molecular formula is C11H13NO. The fourth-order valence-corrected chi connectivity index (χ4v) is 1.75. The second-order valence-electron chi connectivity index (χ2n) is 3.37. The van der Waals surface area contributed by atoms with Crippen molar-refractivity contribution in [3.63, 3.8) is 0 Å². The average molecular weight is 175 g/mol. The van der Waals surface area contributed by atoms with E-state index in [0.717, 1.165) is 12.1 Å². The van der Waals surface area contributed by atoms with Crippen LogP contribution in [0.25, 0.3) is 0 Å². The van der Waals surface area contributed by atoms with Crippen LogP contribution in [0.3, 0.4) is 0 Å². The molecular weight excluding hydrogens is 162 g/mol. The van der Waals surface area contributed by atoms with E-state index in [1.807, 2.05) is 35.2 Å². The van der Waals surface area contributed by atoms with Gasteiger partial charge >= 0.3 is 0 Å². The summed E-state index contributed by atoms with van der Waals surface area (Å²) in [4.78, 5) is 13.2. The van der Waals surface area contributed by atoms with E-state index in [0.29, 0.717) is 12.5 Å². The maximum atomic E-state index is 11.3. The normalized spacial score (nSPS) is 21.5. The van der Waals surface area contributed by atoms with E-state index in [-0.39, 0.29) is 5.91 Å². The van der Waals surface area contributed by atoms with Gasteiger partial charge in [0.15, 0.2) is 0 Å². The molecule has 1 unspecified atom stereocenters. The minimum absolute atomic E-state index is 0.248. The lowest BCUT2D eigenvalue weighted by Gasteiger charge is -2.40. The van der Waals surface area contributed by atoms with Gasteiger partial charge in [0.05, 0.1) is 0 Å². The highest BCUT2D eigenvalue weighted by Crippen LogP contribution is 2.28. The Bertz CT molecular complexity index is 307. The van der Waals surface area contributed by atoms with Gasteiger partial charge in [0.25, 0.3) is 0 Å². The minimum atomic E-state index is 0.248. The molecule has 68 valence electrons. The number of anilines is 1. The fraction of sp³-hybridized carbons (Fsp3) is 0.364. The number of carbonyl (C=O) groups is 1. The standard InChI is InChI=1S/C11H13NO/c1-2-9-8-11(13)12(9)10-6-4-3-5-7-10/h3-7,9H,2,8H2,1H3. The number of β-lactam (4-membered cyclic amide) rings is 1. The van der Waals surface area contributed by atoms with Crippen molar-refractivity contribution in [3.05, 3.63) is 30.3 Å². The van der Waals surface area contributed by atoms with Gasteiger partial charge in [-0.05, 0) is 18.6 Å². The Balaban J connectivity index is 2.21. The molecule has 13 heavy (non-hydrogen) atoms. The van der Waals surface area contributed by atoms with E-state index < -0.39 is 0 Å². The van der Waals surface area contributed by atoms with Crippen LogP contribution >= 0.6 is 0 Å². The van der Waals surface area contributed by atoms with E-state index in [1.165, 1.54) is 0 Å². The first kappa shape index (κ1) is 8.30. The Morgan fingerprint density at radius 2 is 2.08 bits per heavy atom. The van der Waals surface area contributed by atoms with Crippen molar-refractivity contribution in [2.24, 2.45) is 0 Å². The van der Waals surface area contributed by atoms with Crippen LogP contribution in [0.4, 0.5) is 5.69 Å². The van der Waals surface area contributed by atoms with Gasteiger partial charge in [-0.25, -0.2) is 0 Å². The van der Waals surface area contributed by atoms with Crippen LogP contribution in [0.2, 0.25) is 0 Å². The third-order valence-electron chi connectivity index (χ3n) is 2.55. The van der Waals surface area contributed by atoms with Crippen molar-refractivity contribution in [1.82, 2.24) is 0 Å². The lowest BCUT2D eigenvalue weighted by molar-refractivity contribution is -0.124. The number of nitrogens with zero attached hydrogens (tertiary/aromatic N) is 1. The molecule has 0 N–H and O–H groups in total. The van der Waals surface area contributed by atoms with Gasteiger partial charge in [0.2, 0.25) is 5.91 Å². The summed E-state index contributed by atoms with van der Waals surface area (Å²) in [5.74, 6) is 0.248. The molecule has 0 aliphatic carbocycles. The lowest BCUT2D eigenvalue weighted by atomic mass is 9.98. The van der Waals surface area contributed by atoms with E-state index in [2.05, 4.69) is 6.92 Å². The van der Waals surface area contributed by atoms with Gasteiger partial charge in [-0.1, -0.05) is 25.1 Å². The first-order valence-corrected chi connectivity index (χ1v) is 4.70. The maximum absolute atomic E-state index is 11.3. The van der Waals surface area contributed by atoms with Crippen molar-refractivity contribution < 1.29 is 4.79 Å². The summed E-state index contributed by atoms with van der Waals surface area (Å²) in [5.41, 5.74) is 1.03. The summed E-state index contributed by atoms with van der Waals surface area (Å²) in [5, 5.41) is 0. The Labute approximate surface area is 78.2 Å². The third kappa shape index (κ3) is 1.32. The van der Waals surface area contributed by atoms with Crippen LogP contribution in [0.15, 0.2) is 30.3 Å². The van der Waals surface area contributed by atoms with Crippen molar-refractivity contribution in [2.75, 3.05) is 4.90 Å². The van der Waals surface area contributed by atoms with E-state index in [1.54, 1.807) is 0 Å². The second-order valence-corrected chi connectivity index (χ2v) is 3.37. The highest BCUT2D eigenvalue weighted by Gasteiger charge is 2.35. The summed E-state index contributed by atoms with van der Waals surface area (Å²) in [6.45, 7) is 2.12. The average Bonchev–Trinajstić information content (AvgIpc) is 2.15. The highest BCUT2D eigenvalue weighted by atomic mass is 16.2. The largest absolute Gasteiger partial charge is 0.309 e. The molecule has 0 saturated carbocycles. The number of hydrogen-bond donors (Lipinski definition) is 0. The van der Waals surface area contributed by atoms with Gasteiger partial charge < -0.3 is 4.90 Å². The molecule has 2 heteroatoms. The van der Waals surface area contributed by atoms with Crippen LogP contribution in [-0.2, 0) is 4.79 Å². The molecule has 0 aromatic heterocycles. The second kappa shape index (κ2) is 3.21. The zero-order chi connectivity index (χ0) is 9.26. The SMILES string of the molecule is CCC1CC(=O)N1c1ccccc1. The predicted octanol–water partition coefficient (Wildman–Crippen LogP) is 2.20. The summed E-state index contributed by atoms with van der Waals surface area (Å²) >= 11 is 0. The Morgan fingerprint density at radius 1 is 1.38 bits per heavy atom. The van der Waals surface area contributed by atoms with Crippen LogP contribution in [0, 0.1) is 0 Å². The Hall–Kier alpha value is -1.31. The number of amides is 1. The van der Waals surface area contributed by atoms with Crippen molar-refractivity contribution >= 4 is 11.6 Å². The summed E-state index contributed by atoms with van der Waals surface area (Å²) in [6, 6.07) is 10.3. The topological polar surface area (TPSA) is 20.3 Å². The van der Waals surface area contributed by atoms with Gasteiger partial charge in [0.1, 0.15) is 0 Å². The number of para-hydroxylation sites is 1. The van der Waals surface area contributed by atoms with Crippen LogP contribution in [0.5, 0.6) is 0 Å². The molecule has 1 heterocycles. The molecule has 2 nitrogen and oxygen atoms in total. The zero-order valence-electron chi connectivity index (χ0n) is 7.73. The summed E-state index contributed by atoms with van der Waals surface area (Å²) < 4.78 is 0. The van der Waals surface area contributed by atoms with Gasteiger partial charge in [-0.15, -0.1) is 0 Å². The molecule has 1 fully saturated rings. The first-order chi connectivity index (χ1) is 6.33. The minimum Gasteiger partial charge on any atom is -0.309 e. The predicted molar refractivity (Wildman–Crippen MR) is 52.6 cm³/mol. The summed E-state index contributed by atoms with van der Waals surface area (Å²) in [7, 11) is 0. The number of carbonyl (C=O) groups excluding carboxylic acids is 1. The molecule has 1 aromatic rings. The van der Waals surface area contributed by atoms with E-state index in [4.69, 9.17) is 0 Å². The van der Waals surface area contributed by atoms with Gasteiger partial charge in [-0.2, -0.15) is 0 Å². The Kier molecular flexibility index (Phi) is 2.05. The molecule has 0 bridgehead atoms. The molecule has 0 radical (unpaired) electrons. The maximum Gasteiger partial charge on any atom is 0.229 e. The van der Waals surface area contributed by atoms with Gasteiger partial charge in [0, 0.05) is 18.2 Å². The van der Waals surface area contributed by atoms with Crippen LogP contribution < -0.4 is 4.90 Å². The number of rotatable bonds is 2.